The SMILES string of the molecule is Cc1c(C(=O)NCCCCCC2C3CC4CC(C3)CC2C4)nn(-c2ccc(Cl)cc2Cl)c1-c1ccc(Cl)cc1. The van der Waals surface area contributed by atoms with Gasteiger partial charge in [0, 0.05) is 27.7 Å². The third kappa shape index (κ3) is 5.62. The molecule has 7 rings (SSSR count). The standard InChI is InChI=1S/C32H36Cl3N3O/c1-19-30(32(39)36-12-4-2-3-5-27-23-14-20-13-21(16-23)17-24(27)15-20)37-38(29-11-10-26(34)18-28(29)35)31(19)22-6-8-25(33)9-7-22/h6-11,18,20-21,23-24,27H,2-5,12-17H2,1H3,(H,36,39). The largest absolute Gasteiger partial charge is 0.351 e. The minimum Gasteiger partial charge on any atom is -0.351 e. The highest BCUT2D eigenvalue weighted by Crippen LogP contribution is 2.57. The van der Waals surface area contributed by atoms with Gasteiger partial charge in [-0.1, -0.05) is 59.8 Å². The lowest BCUT2D eigenvalue weighted by molar-refractivity contribution is -0.0404. The number of carbonyl (C=O) groups is 1. The second kappa shape index (κ2) is 11.5. The van der Waals surface area contributed by atoms with Gasteiger partial charge >= 0.3 is 0 Å². The van der Waals surface area contributed by atoms with Gasteiger partial charge < -0.3 is 5.32 Å². The molecule has 2 aromatic carbocycles. The first kappa shape index (κ1) is 27.2. The highest BCUT2D eigenvalue weighted by atomic mass is 35.5. The Bertz CT molecular complexity index is 1320. The van der Waals surface area contributed by atoms with Crippen LogP contribution in [0.5, 0.6) is 0 Å². The first-order valence-electron chi connectivity index (χ1n) is 14.5. The van der Waals surface area contributed by atoms with Crippen LogP contribution in [-0.4, -0.2) is 22.2 Å². The van der Waals surface area contributed by atoms with E-state index in [4.69, 9.17) is 39.9 Å². The average Bonchev–Trinajstić information content (AvgIpc) is 3.24. The summed E-state index contributed by atoms with van der Waals surface area (Å²) in [6, 6.07) is 12.8. The molecule has 7 heteroatoms. The number of hydrogen-bond donors (Lipinski definition) is 1. The zero-order valence-electron chi connectivity index (χ0n) is 22.4. The summed E-state index contributed by atoms with van der Waals surface area (Å²) in [5.41, 5.74) is 3.57. The van der Waals surface area contributed by atoms with E-state index >= 15 is 0 Å². The summed E-state index contributed by atoms with van der Waals surface area (Å²) in [6.07, 6.45) is 12.3. The van der Waals surface area contributed by atoms with E-state index in [0.29, 0.717) is 33.0 Å². The Morgan fingerprint density at radius 1 is 0.897 bits per heavy atom. The van der Waals surface area contributed by atoms with Gasteiger partial charge in [0.05, 0.1) is 16.4 Å². The fourth-order valence-electron chi connectivity index (χ4n) is 7.96. The monoisotopic (exact) mass is 583 g/mol. The lowest BCUT2D eigenvalue weighted by Crippen LogP contribution is -2.44. The third-order valence-corrected chi connectivity index (χ3v) is 10.3. The van der Waals surface area contributed by atoms with Crippen molar-refractivity contribution < 1.29 is 4.79 Å². The van der Waals surface area contributed by atoms with Crippen molar-refractivity contribution >= 4 is 40.7 Å². The maximum Gasteiger partial charge on any atom is 0.272 e. The van der Waals surface area contributed by atoms with Gasteiger partial charge in [-0.05, 0) is 112 Å². The van der Waals surface area contributed by atoms with Crippen LogP contribution in [0.1, 0.15) is 73.8 Å². The van der Waals surface area contributed by atoms with Crippen molar-refractivity contribution in [2.45, 2.75) is 64.7 Å². The summed E-state index contributed by atoms with van der Waals surface area (Å²) < 4.78 is 1.73. The van der Waals surface area contributed by atoms with Crippen molar-refractivity contribution in [1.29, 1.82) is 0 Å². The van der Waals surface area contributed by atoms with Gasteiger partial charge in [-0.3, -0.25) is 4.79 Å². The van der Waals surface area contributed by atoms with E-state index in [1.165, 1.54) is 44.9 Å². The van der Waals surface area contributed by atoms with Gasteiger partial charge in [-0.2, -0.15) is 5.10 Å². The topological polar surface area (TPSA) is 46.9 Å². The summed E-state index contributed by atoms with van der Waals surface area (Å²) in [4.78, 5) is 13.3. The highest BCUT2D eigenvalue weighted by Gasteiger charge is 2.47. The third-order valence-electron chi connectivity index (χ3n) is 9.51. The Morgan fingerprint density at radius 2 is 1.56 bits per heavy atom. The van der Waals surface area contributed by atoms with Crippen molar-refractivity contribution in [3.8, 4) is 16.9 Å². The van der Waals surface area contributed by atoms with Crippen molar-refractivity contribution in [3.05, 3.63) is 68.8 Å². The lowest BCUT2D eigenvalue weighted by Gasteiger charge is -2.54. The average molecular weight is 585 g/mol. The van der Waals surface area contributed by atoms with E-state index in [0.717, 1.165) is 59.3 Å². The summed E-state index contributed by atoms with van der Waals surface area (Å²) in [5, 5.41) is 9.50. The fourth-order valence-corrected chi connectivity index (χ4v) is 8.58. The molecule has 1 amide bonds. The van der Waals surface area contributed by atoms with Crippen LogP contribution in [0, 0.1) is 36.5 Å². The first-order valence-corrected chi connectivity index (χ1v) is 15.6. The summed E-state index contributed by atoms with van der Waals surface area (Å²) in [6.45, 7) is 2.59. The number of carbonyl (C=O) groups excluding carboxylic acids is 1. The Balaban J connectivity index is 1.09. The molecule has 4 bridgehead atoms. The first-order chi connectivity index (χ1) is 18.9. The molecule has 4 aliphatic carbocycles. The molecule has 0 spiro atoms. The predicted octanol–water partition coefficient (Wildman–Crippen LogP) is 9.17. The van der Waals surface area contributed by atoms with Gasteiger partial charge in [0.2, 0.25) is 0 Å². The molecule has 1 N–H and O–H groups in total. The van der Waals surface area contributed by atoms with Crippen molar-refractivity contribution in [3.63, 3.8) is 0 Å². The molecule has 4 nitrogen and oxygen atoms in total. The molecule has 1 aromatic heterocycles. The number of benzene rings is 2. The maximum absolute atomic E-state index is 13.3. The molecule has 3 aromatic rings. The van der Waals surface area contributed by atoms with Gasteiger partial charge in [0.1, 0.15) is 0 Å². The summed E-state index contributed by atoms with van der Waals surface area (Å²) >= 11 is 18.8. The molecule has 0 unspecified atom stereocenters. The van der Waals surface area contributed by atoms with E-state index in [2.05, 4.69) is 5.32 Å². The summed E-state index contributed by atoms with van der Waals surface area (Å²) in [7, 11) is 0. The van der Waals surface area contributed by atoms with Crippen molar-refractivity contribution in [1.82, 2.24) is 15.1 Å². The maximum atomic E-state index is 13.3. The van der Waals surface area contributed by atoms with Crippen LogP contribution < -0.4 is 5.32 Å². The number of aromatic nitrogens is 2. The zero-order valence-corrected chi connectivity index (χ0v) is 24.7. The van der Waals surface area contributed by atoms with E-state index in [1.807, 2.05) is 37.3 Å². The molecule has 0 aliphatic heterocycles. The highest BCUT2D eigenvalue weighted by molar-refractivity contribution is 6.35. The molecule has 1 heterocycles. The Kier molecular flexibility index (Phi) is 7.99. The number of nitrogens with zero attached hydrogens (tertiary/aromatic N) is 2. The second-order valence-corrected chi connectivity index (χ2v) is 13.3. The van der Waals surface area contributed by atoms with Crippen LogP contribution in [0.15, 0.2) is 42.5 Å². The Hall–Kier alpha value is -2.01. The Morgan fingerprint density at radius 3 is 2.23 bits per heavy atom. The van der Waals surface area contributed by atoms with Crippen LogP contribution in [0.3, 0.4) is 0 Å². The van der Waals surface area contributed by atoms with Gasteiger partial charge in [0.25, 0.3) is 5.91 Å². The molecule has 4 saturated carbocycles. The lowest BCUT2D eigenvalue weighted by atomic mass is 9.51. The van der Waals surface area contributed by atoms with Crippen molar-refractivity contribution in [2.24, 2.45) is 29.6 Å². The number of halogens is 3. The quantitative estimate of drug-likeness (QED) is 0.255. The van der Waals surface area contributed by atoms with E-state index < -0.39 is 0 Å². The molecule has 39 heavy (non-hydrogen) atoms. The molecule has 0 radical (unpaired) electrons. The number of nitrogens with one attached hydrogen (secondary N) is 1. The van der Waals surface area contributed by atoms with Crippen LogP contribution in [0.2, 0.25) is 15.1 Å². The van der Waals surface area contributed by atoms with E-state index in [-0.39, 0.29) is 5.91 Å². The van der Waals surface area contributed by atoms with E-state index in [9.17, 15) is 4.79 Å². The van der Waals surface area contributed by atoms with Gasteiger partial charge in [-0.25, -0.2) is 4.68 Å². The zero-order chi connectivity index (χ0) is 27.1. The van der Waals surface area contributed by atoms with Crippen LogP contribution in [0.25, 0.3) is 16.9 Å². The summed E-state index contributed by atoms with van der Waals surface area (Å²) in [5.74, 6) is 4.90. The smallest absolute Gasteiger partial charge is 0.272 e. The van der Waals surface area contributed by atoms with E-state index in [1.54, 1.807) is 16.8 Å². The molecule has 0 atom stereocenters. The molecular formula is C32H36Cl3N3O. The number of rotatable bonds is 9. The normalized spacial score (nSPS) is 25.3. The van der Waals surface area contributed by atoms with Gasteiger partial charge in [-0.15, -0.1) is 0 Å². The van der Waals surface area contributed by atoms with Crippen LogP contribution in [0.4, 0.5) is 0 Å². The molecular weight excluding hydrogens is 549 g/mol. The minimum absolute atomic E-state index is 0.160. The van der Waals surface area contributed by atoms with Crippen LogP contribution >= 0.6 is 34.8 Å². The van der Waals surface area contributed by atoms with Crippen molar-refractivity contribution in [2.75, 3.05) is 6.54 Å². The van der Waals surface area contributed by atoms with Crippen LogP contribution in [-0.2, 0) is 0 Å². The number of amides is 1. The predicted molar refractivity (Wildman–Crippen MR) is 160 cm³/mol. The molecule has 4 fully saturated rings. The Labute approximate surface area is 246 Å². The molecule has 4 aliphatic rings. The number of unbranched alkanes of at least 4 members (excludes halogenated alkanes) is 2. The fraction of sp³-hybridized carbons (Fsp3) is 0.500. The minimum atomic E-state index is -0.160. The van der Waals surface area contributed by atoms with Gasteiger partial charge in [0.15, 0.2) is 5.69 Å². The molecule has 206 valence electrons. The number of hydrogen-bond acceptors (Lipinski definition) is 2. The molecule has 0 saturated heterocycles. The second-order valence-electron chi connectivity index (χ2n) is 12.0.